The van der Waals surface area contributed by atoms with Crippen LogP contribution in [0.2, 0.25) is 5.02 Å². The number of thiophene rings is 1. The Balaban J connectivity index is 1.80. The second-order valence-electron chi connectivity index (χ2n) is 10.7. The highest BCUT2D eigenvalue weighted by atomic mass is 35.5. The summed E-state index contributed by atoms with van der Waals surface area (Å²) in [5, 5.41) is 3.64. The first kappa shape index (κ1) is 29.9. The van der Waals surface area contributed by atoms with E-state index in [1.807, 2.05) is 32.6 Å². The average molecular weight is 627 g/mol. The number of benzene rings is 1. The van der Waals surface area contributed by atoms with Crippen LogP contribution in [0.5, 0.6) is 0 Å². The van der Waals surface area contributed by atoms with Gasteiger partial charge in [-0.1, -0.05) is 18.2 Å². The maximum atomic E-state index is 14.8. The summed E-state index contributed by atoms with van der Waals surface area (Å²) in [4.78, 5) is 34.3. The Morgan fingerprint density at radius 2 is 1.90 bits per heavy atom. The van der Waals surface area contributed by atoms with Gasteiger partial charge in [0.2, 0.25) is 5.91 Å². The van der Waals surface area contributed by atoms with Crippen molar-refractivity contribution in [2.24, 2.45) is 0 Å². The molecule has 220 valence electrons. The molecule has 4 heterocycles. The second kappa shape index (κ2) is 11.3. The molecule has 3 aromatic rings. The van der Waals surface area contributed by atoms with Crippen molar-refractivity contribution in [3.8, 4) is 11.1 Å². The van der Waals surface area contributed by atoms with Crippen molar-refractivity contribution in [2.75, 3.05) is 23.7 Å². The second-order valence-corrected chi connectivity index (χ2v) is 12.8. The molecule has 0 N–H and O–H groups in total. The number of halogens is 4. The number of aromatic nitrogens is 2. The number of anilines is 1. The molecule has 7 nitrogen and oxygen atoms in total. The fourth-order valence-electron chi connectivity index (χ4n) is 5.83. The van der Waals surface area contributed by atoms with Crippen LogP contribution in [0.4, 0.5) is 19.0 Å². The first-order valence-electron chi connectivity index (χ1n) is 13.2. The topological polar surface area (TPSA) is 67.7 Å². The lowest BCUT2D eigenvalue weighted by molar-refractivity contribution is -0.137. The van der Waals surface area contributed by atoms with E-state index < -0.39 is 23.5 Å². The van der Waals surface area contributed by atoms with Crippen LogP contribution in [-0.2, 0) is 22.3 Å². The van der Waals surface area contributed by atoms with Crippen LogP contribution in [0.3, 0.4) is 0 Å². The van der Waals surface area contributed by atoms with Gasteiger partial charge in [-0.25, -0.2) is 4.79 Å². The van der Waals surface area contributed by atoms with E-state index in [-0.39, 0.29) is 71.1 Å². The van der Waals surface area contributed by atoms with Gasteiger partial charge in [-0.2, -0.15) is 29.5 Å². The van der Waals surface area contributed by atoms with Crippen LogP contribution >= 0.6 is 34.7 Å². The standard InChI is InChI=1S/C28H30ClF3N4O3S2/c1-6-22(37)36-15(4)8-34(9-16(36)5)26-18-7-20(28(30,31)32)23(19-12-40-13-21(19)29)25-24(18)35(27(38)33-26)10-17(11-41-25)39-14(2)3/h6-7,12-17H,1,8-11H2,2-5H3/t15-,16+,17?. The summed E-state index contributed by atoms with van der Waals surface area (Å²) >= 11 is 8.87. The van der Waals surface area contributed by atoms with Crippen molar-refractivity contribution in [1.82, 2.24) is 14.5 Å². The molecule has 1 saturated heterocycles. The molecule has 2 aromatic heterocycles. The molecule has 13 heteroatoms. The van der Waals surface area contributed by atoms with Gasteiger partial charge >= 0.3 is 11.9 Å². The summed E-state index contributed by atoms with van der Waals surface area (Å²) in [5.74, 6) is 0.287. The number of rotatable bonds is 5. The van der Waals surface area contributed by atoms with Gasteiger partial charge in [-0.05, 0) is 39.8 Å². The van der Waals surface area contributed by atoms with Crippen LogP contribution in [0.25, 0.3) is 22.0 Å². The zero-order valence-corrected chi connectivity index (χ0v) is 25.4. The van der Waals surface area contributed by atoms with Crippen LogP contribution < -0.4 is 10.6 Å². The minimum atomic E-state index is -4.71. The smallest absolute Gasteiger partial charge is 0.373 e. The molecule has 2 aliphatic rings. The number of hydrogen-bond acceptors (Lipinski definition) is 7. The van der Waals surface area contributed by atoms with E-state index in [1.54, 1.807) is 15.7 Å². The van der Waals surface area contributed by atoms with Gasteiger partial charge in [0.05, 0.1) is 34.9 Å². The van der Waals surface area contributed by atoms with E-state index >= 15 is 0 Å². The van der Waals surface area contributed by atoms with E-state index in [1.165, 1.54) is 33.7 Å². The third-order valence-corrected chi connectivity index (χ3v) is 9.71. The number of carbonyl (C=O) groups excluding carboxylic acids is 1. The third kappa shape index (κ3) is 5.51. The molecule has 0 bridgehead atoms. The highest BCUT2D eigenvalue weighted by molar-refractivity contribution is 7.99. The van der Waals surface area contributed by atoms with E-state index in [0.29, 0.717) is 16.2 Å². The Hall–Kier alpha value is -2.54. The summed E-state index contributed by atoms with van der Waals surface area (Å²) < 4.78 is 51.9. The molecule has 5 rings (SSSR count). The van der Waals surface area contributed by atoms with Crippen molar-refractivity contribution < 1.29 is 22.7 Å². The number of nitrogens with zero attached hydrogens (tertiary/aromatic N) is 4. The van der Waals surface area contributed by atoms with Crippen LogP contribution in [-0.4, -0.2) is 63.5 Å². The Morgan fingerprint density at radius 3 is 2.46 bits per heavy atom. The molecule has 1 amide bonds. The molecule has 1 unspecified atom stereocenters. The summed E-state index contributed by atoms with van der Waals surface area (Å²) in [6.45, 7) is 11.8. The molecular formula is C28H30ClF3N4O3S2. The van der Waals surface area contributed by atoms with Crippen molar-refractivity contribution in [1.29, 1.82) is 0 Å². The number of carbonyl (C=O) groups is 1. The molecule has 0 aliphatic carbocycles. The van der Waals surface area contributed by atoms with Crippen molar-refractivity contribution in [3.05, 3.63) is 50.6 Å². The van der Waals surface area contributed by atoms with Gasteiger partial charge in [0, 0.05) is 63.1 Å². The fraction of sp³-hybridized carbons (Fsp3) is 0.464. The third-order valence-electron chi connectivity index (χ3n) is 7.30. The minimum Gasteiger partial charge on any atom is -0.373 e. The summed E-state index contributed by atoms with van der Waals surface area (Å²) in [7, 11) is 0. The minimum absolute atomic E-state index is 0.0418. The number of alkyl halides is 3. The highest BCUT2D eigenvalue weighted by Gasteiger charge is 2.40. The zero-order valence-electron chi connectivity index (χ0n) is 23.0. The summed E-state index contributed by atoms with van der Waals surface area (Å²) in [6.07, 6.45) is -4.03. The normalized spacial score (nSPS) is 21.4. The lowest BCUT2D eigenvalue weighted by atomic mass is 9.97. The van der Waals surface area contributed by atoms with Crippen LogP contribution in [0.15, 0.2) is 39.2 Å². The Kier molecular flexibility index (Phi) is 8.23. The first-order valence-corrected chi connectivity index (χ1v) is 15.5. The number of hydrogen-bond donors (Lipinski definition) is 0. The largest absolute Gasteiger partial charge is 0.417 e. The zero-order chi connectivity index (χ0) is 29.8. The van der Waals surface area contributed by atoms with E-state index in [0.717, 1.165) is 6.07 Å². The van der Waals surface area contributed by atoms with Gasteiger partial charge in [-0.15, -0.1) is 11.8 Å². The monoisotopic (exact) mass is 626 g/mol. The van der Waals surface area contributed by atoms with E-state index in [2.05, 4.69) is 11.6 Å². The molecular weight excluding hydrogens is 597 g/mol. The van der Waals surface area contributed by atoms with Gasteiger partial charge in [0.15, 0.2) is 0 Å². The maximum Gasteiger partial charge on any atom is 0.417 e. The molecule has 1 aromatic carbocycles. The number of piperazine rings is 1. The Labute approximate surface area is 248 Å². The predicted molar refractivity (Wildman–Crippen MR) is 158 cm³/mol. The molecule has 0 radical (unpaired) electrons. The molecule has 3 atom stereocenters. The van der Waals surface area contributed by atoms with Crippen molar-refractivity contribution >= 4 is 57.3 Å². The number of amides is 1. The number of ether oxygens (including phenoxy) is 1. The van der Waals surface area contributed by atoms with Gasteiger partial charge < -0.3 is 14.5 Å². The fourth-order valence-corrected chi connectivity index (χ4v) is 8.15. The number of thioether (sulfide) groups is 1. The average Bonchev–Trinajstić information content (AvgIpc) is 3.21. The summed E-state index contributed by atoms with van der Waals surface area (Å²) in [6, 6.07) is 0.520. The molecule has 0 spiro atoms. The lowest BCUT2D eigenvalue weighted by Gasteiger charge is -2.44. The quantitative estimate of drug-likeness (QED) is 0.309. The Bertz CT molecular complexity index is 1560. The van der Waals surface area contributed by atoms with E-state index in [9.17, 15) is 22.8 Å². The van der Waals surface area contributed by atoms with Crippen molar-refractivity contribution in [3.63, 3.8) is 0 Å². The van der Waals surface area contributed by atoms with Crippen LogP contribution in [0.1, 0.15) is 33.3 Å². The summed E-state index contributed by atoms with van der Waals surface area (Å²) in [5.41, 5.74) is -0.797. The molecule has 0 saturated carbocycles. The van der Waals surface area contributed by atoms with Gasteiger partial charge in [0.1, 0.15) is 5.82 Å². The molecule has 41 heavy (non-hydrogen) atoms. The predicted octanol–water partition coefficient (Wildman–Crippen LogP) is 6.31. The highest BCUT2D eigenvalue weighted by Crippen LogP contribution is 2.50. The maximum absolute atomic E-state index is 14.8. The SMILES string of the molecule is C=CC(=O)N1[C@H](C)CN(c2nc(=O)n3c4c(c(-c5cscc5Cl)c(C(F)(F)F)cc24)SCC(OC(C)C)C3)C[C@@H]1C. The Morgan fingerprint density at radius 1 is 1.22 bits per heavy atom. The molecule has 1 fully saturated rings. The first-order chi connectivity index (χ1) is 19.3. The van der Waals surface area contributed by atoms with Crippen LogP contribution in [0, 0.1) is 0 Å². The van der Waals surface area contributed by atoms with Gasteiger partial charge in [-0.3, -0.25) is 9.36 Å². The molecule has 2 aliphatic heterocycles. The van der Waals surface area contributed by atoms with Crippen molar-refractivity contribution in [2.45, 2.75) is 69.6 Å². The van der Waals surface area contributed by atoms with Gasteiger partial charge in [0.25, 0.3) is 0 Å². The van der Waals surface area contributed by atoms with E-state index in [4.69, 9.17) is 16.3 Å². The lowest BCUT2D eigenvalue weighted by Crippen LogP contribution is -2.58.